The van der Waals surface area contributed by atoms with Crippen molar-refractivity contribution in [3.63, 3.8) is 0 Å². The highest BCUT2D eigenvalue weighted by atomic mass is 19.4. The number of alkyl halides is 3. The van der Waals surface area contributed by atoms with Crippen LogP contribution in [0.5, 0.6) is 0 Å². The van der Waals surface area contributed by atoms with E-state index in [0.29, 0.717) is 26.2 Å². The van der Waals surface area contributed by atoms with E-state index in [4.69, 9.17) is 4.74 Å². The van der Waals surface area contributed by atoms with Gasteiger partial charge in [-0.1, -0.05) is 0 Å². The van der Waals surface area contributed by atoms with E-state index >= 15 is 0 Å². The summed E-state index contributed by atoms with van der Waals surface area (Å²) in [5.41, 5.74) is -0.950. The van der Waals surface area contributed by atoms with E-state index in [1.807, 2.05) is 6.92 Å². The molecule has 1 rings (SSSR count). The molecule has 1 N–H and O–H groups in total. The zero-order valence-corrected chi connectivity index (χ0v) is 11.8. The molecule has 0 saturated carbocycles. The lowest BCUT2D eigenvalue weighted by Gasteiger charge is -2.23. The van der Waals surface area contributed by atoms with Crippen molar-refractivity contribution in [1.82, 2.24) is 9.97 Å². The molecule has 0 saturated heterocycles. The largest absolute Gasteiger partial charge is 0.433 e. The molecule has 0 aliphatic rings. The van der Waals surface area contributed by atoms with E-state index in [0.717, 1.165) is 6.07 Å². The third-order valence-corrected chi connectivity index (χ3v) is 2.61. The molecular formula is C12H19F3N4O. The molecule has 0 fully saturated rings. The molecule has 0 aliphatic carbocycles. The maximum atomic E-state index is 12.8. The highest BCUT2D eigenvalue weighted by Gasteiger charge is 2.34. The second kappa shape index (κ2) is 7.28. The fourth-order valence-electron chi connectivity index (χ4n) is 1.61. The average Bonchev–Trinajstić information content (AvgIpc) is 2.39. The van der Waals surface area contributed by atoms with Crippen molar-refractivity contribution in [3.05, 3.63) is 11.8 Å². The predicted molar refractivity (Wildman–Crippen MR) is 71.0 cm³/mol. The number of ether oxygens (including phenoxy) is 1. The quantitative estimate of drug-likeness (QED) is 0.836. The number of nitrogens with zero attached hydrogens (tertiary/aromatic N) is 3. The number of anilines is 2. The van der Waals surface area contributed by atoms with E-state index in [1.165, 1.54) is 0 Å². The molecule has 1 heterocycles. The molecular weight excluding hydrogens is 273 g/mol. The summed E-state index contributed by atoms with van der Waals surface area (Å²) in [6.45, 7) is 5.47. The zero-order chi connectivity index (χ0) is 15.2. The Balaban J connectivity index is 3.12. The van der Waals surface area contributed by atoms with Gasteiger partial charge < -0.3 is 15.0 Å². The number of halogens is 3. The molecule has 0 unspecified atom stereocenters. The normalized spacial score (nSPS) is 11.5. The van der Waals surface area contributed by atoms with Gasteiger partial charge in [-0.2, -0.15) is 18.2 Å². The van der Waals surface area contributed by atoms with Crippen LogP contribution in [-0.2, 0) is 10.9 Å². The number of nitrogens with one attached hydrogen (secondary N) is 1. The smallest absolute Gasteiger partial charge is 0.383 e. The summed E-state index contributed by atoms with van der Waals surface area (Å²) in [7, 11) is 1.54. The monoisotopic (exact) mass is 292 g/mol. The lowest BCUT2D eigenvalue weighted by Crippen LogP contribution is -2.28. The Hall–Kier alpha value is -1.57. The molecule has 0 spiro atoms. The first-order chi connectivity index (χ1) is 9.42. The van der Waals surface area contributed by atoms with E-state index in [2.05, 4.69) is 15.3 Å². The first-order valence-electron chi connectivity index (χ1n) is 6.36. The summed E-state index contributed by atoms with van der Waals surface area (Å²) in [5.74, 6) is 0.219. The minimum absolute atomic E-state index is 0.0202. The minimum atomic E-state index is -4.50. The van der Waals surface area contributed by atoms with Gasteiger partial charge in [-0.15, -0.1) is 0 Å². The lowest BCUT2D eigenvalue weighted by atomic mass is 10.3. The SMILES string of the molecule is CCNc1nc(N(CC)CCOC)cc(C(F)(F)F)n1. The van der Waals surface area contributed by atoms with Crippen molar-refractivity contribution >= 4 is 11.8 Å². The summed E-state index contributed by atoms with van der Waals surface area (Å²) < 4.78 is 43.5. The molecule has 0 radical (unpaired) electrons. The van der Waals surface area contributed by atoms with E-state index in [-0.39, 0.29) is 11.8 Å². The Morgan fingerprint density at radius 1 is 1.30 bits per heavy atom. The number of likely N-dealkylation sites (N-methyl/N-ethyl adjacent to an activating group) is 1. The Morgan fingerprint density at radius 3 is 2.50 bits per heavy atom. The molecule has 8 heteroatoms. The van der Waals surface area contributed by atoms with Crippen LogP contribution in [0.1, 0.15) is 19.5 Å². The van der Waals surface area contributed by atoms with Crippen LogP contribution in [0.2, 0.25) is 0 Å². The Morgan fingerprint density at radius 2 is 2.00 bits per heavy atom. The van der Waals surface area contributed by atoms with Gasteiger partial charge in [0.25, 0.3) is 0 Å². The molecule has 0 atom stereocenters. The third kappa shape index (κ3) is 4.52. The molecule has 0 aromatic carbocycles. The number of methoxy groups -OCH3 is 1. The van der Waals surface area contributed by atoms with E-state index in [9.17, 15) is 13.2 Å². The van der Waals surface area contributed by atoms with Crippen LogP contribution >= 0.6 is 0 Å². The molecule has 0 bridgehead atoms. The zero-order valence-electron chi connectivity index (χ0n) is 11.8. The number of hydrogen-bond donors (Lipinski definition) is 1. The summed E-state index contributed by atoms with van der Waals surface area (Å²) in [6, 6.07) is 0.958. The second-order valence-corrected chi connectivity index (χ2v) is 4.04. The van der Waals surface area contributed by atoms with Gasteiger partial charge in [0.1, 0.15) is 5.82 Å². The number of aromatic nitrogens is 2. The second-order valence-electron chi connectivity index (χ2n) is 4.04. The lowest BCUT2D eigenvalue weighted by molar-refractivity contribution is -0.141. The van der Waals surface area contributed by atoms with Crippen LogP contribution in [0.25, 0.3) is 0 Å². The van der Waals surface area contributed by atoms with Gasteiger partial charge in [0.15, 0.2) is 5.69 Å². The van der Waals surface area contributed by atoms with Gasteiger partial charge in [-0.3, -0.25) is 0 Å². The Bertz CT molecular complexity index is 426. The molecule has 5 nitrogen and oxygen atoms in total. The Kier molecular flexibility index (Phi) is 6.00. The first-order valence-corrected chi connectivity index (χ1v) is 6.36. The number of hydrogen-bond acceptors (Lipinski definition) is 5. The summed E-state index contributed by atoms with van der Waals surface area (Å²) >= 11 is 0. The van der Waals surface area contributed by atoms with Crippen LogP contribution in [0.15, 0.2) is 6.07 Å². The standard InChI is InChI=1S/C12H19F3N4O/c1-4-16-11-17-9(12(13,14)15)8-10(18-11)19(5-2)6-7-20-3/h8H,4-7H2,1-3H3,(H,16,17,18). The molecule has 114 valence electrons. The van der Waals surface area contributed by atoms with Gasteiger partial charge in [0.2, 0.25) is 5.95 Å². The fraction of sp³-hybridized carbons (Fsp3) is 0.667. The topological polar surface area (TPSA) is 50.3 Å². The molecule has 1 aromatic rings. The Labute approximate surface area is 116 Å². The van der Waals surface area contributed by atoms with Crippen LogP contribution in [-0.4, -0.2) is 43.3 Å². The third-order valence-electron chi connectivity index (χ3n) is 2.61. The minimum Gasteiger partial charge on any atom is -0.383 e. The average molecular weight is 292 g/mol. The highest BCUT2D eigenvalue weighted by Crippen LogP contribution is 2.30. The van der Waals surface area contributed by atoms with Crippen molar-refractivity contribution in [3.8, 4) is 0 Å². The van der Waals surface area contributed by atoms with Crippen molar-refractivity contribution in [1.29, 1.82) is 0 Å². The van der Waals surface area contributed by atoms with Gasteiger partial charge in [-0.05, 0) is 13.8 Å². The van der Waals surface area contributed by atoms with Gasteiger partial charge in [-0.25, -0.2) is 4.98 Å². The van der Waals surface area contributed by atoms with Crippen molar-refractivity contribution in [2.75, 3.05) is 43.6 Å². The molecule has 0 amide bonds. The van der Waals surface area contributed by atoms with Gasteiger partial charge in [0, 0.05) is 32.8 Å². The van der Waals surface area contributed by atoms with Gasteiger partial charge in [0.05, 0.1) is 6.61 Å². The van der Waals surface area contributed by atoms with Gasteiger partial charge >= 0.3 is 6.18 Å². The summed E-state index contributed by atoms with van der Waals surface area (Å²) in [6.07, 6.45) is -4.50. The van der Waals surface area contributed by atoms with Crippen LogP contribution in [0, 0.1) is 0 Å². The van der Waals surface area contributed by atoms with Crippen LogP contribution in [0.4, 0.5) is 24.9 Å². The maximum absolute atomic E-state index is 12.8. The summed E-state index contributed by atoms with van der Waals surface area (Å²) in [5, 5.41) is 2.72. The molecule has 1 aromatic heterocycles. The van der Waals surface area contributed by atoms with Crippen molar-refractivity contribution in [2.45, 2.75) is 20.0 Å². The highest BCUT2D eigenvalue weighted by molar-refractivity contribution is 5.45. The van der Waals surface area contributed by atoms with Crippen LogP contribution in [0.3, 0.4) is 0 Å². The van der Waals surface area contributed by atoms with Crippen LogP contribution < -0.4 is 10.2 Å². The van der Waals surface area contributed by atoms with Crippen molar-refractivity contribution in [2.24, 2.45) is 0 Å². The summed E-state index contributed by atoms with van der Waals surface area (Å²) in [4.78, 5) is 9.30. The van der Waals surface area contributed by atoms with E-state index in [1.54, 1.807) is 18.9 Å². The maximum Gasteiger partial charge on any atom is 0.433 e. The van der Waals surface area contributed by atoms with E-state index < -0.39 is 11.9 Å². The number of rotatable bonds is 7. The molecule has 0 aliphatic heterocycles. The predicted octanol–water partition coefficient (Wildman–Crippen LogP) is 2.40. The molecule has 20 heavy (non-hydrogen) atoms. The fourth-order valence-corrected chi connectivity index (χ4v) is 1.61. The van der Waals surface area contributed by atoms with Crippen molar-refractivity contribution < 1.29 is 17.9 Å². The first kappa shape index (κ1) is 16.5.